The van der Waals surface area contributed by atoms with Gasteiger partial charge < -0.3 is 4.74 Å². The van der Waals surface area contributed by atoms with Gasteiger partial charge in [-0.2, -0.15) is 0 Å². The van der Waals surface area contributed by atoms with Crippen LogP contribution in [-0.4, -0.2) is 46.1 Å². The molecule has 2 aromatic carbocycles. The molecule has 1 N–H and O–H groups in total. The fourth-order valence-electron chi connectivity index (χ4n) is 2.87. The van der Waals surface area contributed by atoms with E-state index in [0.29, 0.717) is 18.2 Å². The zero-order chi connectivity index (χ0) is 18.6. The summed E-state index contributed by atoms with van der Waals surface area (Å²) in [5, 5.41) is 0.478. The van der Waals surface area contributed by atoms with E-state index >= 15 is 0 Å². The molecule has 1 aliphatic heterocycles. The molecular formula is C18H20Cl2N2O3S. The minimum atomic E-state index is -3.70. The molecule has 3 rings (SSSR count). The van der Waals surface area contributed by atoms with Crippen molar-refractivity contribution in [3.05, 3.63) is 64.1 Å². The fraction of sp³-hybridized carbons (Fsp3) is 0.333. The molecule has 1 unspecified atom stereocenters. The number of ether oxygens (including phenoxy) is 1. The first-order valence-electron chi connectivity index (χ1n) is 8.29. The minimum Gasteiger partial charge on any atom is -0.371 e. The number of morpholine rings is 1. The largest absolute Gasteiger partial charge is 0.371 e. The summed E-state index contributed by atoms with van der Waals surface area (Å²) >= 11 is 11.9. The van der Waals surface area contributed by atoms with Crippen molar-refractivity contribution in [1.29, 1.82) is 0 Å². The smallest absolute Gasteiger partial charge is 0.242 e. The van der Waals surface area contributed by atoms with Gasteiger partial charge in [-0.1, -0.05) is 53.5 Å². The van der Waals surface area contributed by atoms with Crippen LogP contribution >= 0.6 is 23.2 Å². The maximum atomic E-state index is 12.4. The SMILES string of the molecule is O=S(=O)(NCCN1CCOC(c2ccccc2)C1)c1cc(Cl)ccc1Cl. The first kappa shape index (κ1) is 19.6. The van der Waals surface area contributed by atoms with Crippen LogP contribution in [0.3, 0.4) is 0 Å². The molecule has 1 aliphatic rings. The van der Waals surface area contributed by atoms with Gasteiger partial charge in [-0.05, 0) is 23.8 Å². The molecule has 1 atom stereocenters. The lowest BCUT2D eigenvalue weighted by Crippen LogP contribution is -2.42. The number of hydrogen-bond acceptors (Lipinski definition) is 4. The third-order valence-corrected chi connectivity index (χ3v) is 6.40. The normalized spacial score (nSPS) is 18.8. The lowest BCUT2D eigenvalue weighted by Gasteiger charge is -2.33. The Labute approximate surface area is 163 Å². The van der Waals surface area contributed by atoms with Crippen LogP contribution in [0.2, 0.25) is 10.0 Å². The van der Waals surface area contributed by atoms with Crippen LogP contribution in [-0.2, 0) is 14.8 Å². The minimum absolute atomic E-state index is 0.00364. The van der Waals surface area contributed by atoms with Crippen LogP contribution in [0.25, 0.3) is 0 Å². The van der Waals surface area contributed by atoms with Crippen LogP contribution in [0.5, 0.6) is 0 Å². The Morgan fingerprint density at radius 1 is 1.15 bits per heavy atom. The Kier molecular flexibility index (Phi) is 6.55. The van der Waals surface area contributed by atoms with E-state index in [2.05, 4.69) is 9.62 Å². The summed E-state index contributed by atoms with van der Waals surface area (Å²) in [6, 6.07) is 14.4. The van der Waals surface area contributed by atoms with Crippen molar-refractivity contribution in [3.63, 3.8) is 0 Å². The molecule has 1 saturated heterocycles. The van der Waals surface area contributed by atoms with Gasteiger partial charge in [0.05, 0.1) is 17.7 Å². The number of nitrogens with one attached hydrogen (secondary N) is 1. The Bertz CT molecular complexity index is 847. The zero-order valence-electron chi connectivity index (χ0n) is 14.1. The zero-order valence-corrected chi connectivity index (χ0v) is 16.4. The summed E-state index contributed by atoms with van der Waals surface area (Å²) in [6.07, 6.45) is 0.00364. The molecular weight excluding hydrogens is 395 g/mol. The standard InChI is InChI=1S/C18H20Cl2N2O3S/c19-15-6-7-16(20)18(12-15)26(23,24)21-8-9-22-10-11-25-17(13-22)14-4-2-1-3-5-14/h1-7,12,17,21H,8-11,13H2. The van der Waals surface area contributed by atoms with E-state index in [0.717, 1.165) is 18.7 Å². The summed E-state index contributed by atoms with van der Waals surface area (Å²) in [7, 11) is -3.70. The highest BCUT2D eigenvalue weighted by molar-refractivity contribution is 7.89. The number of hydrogen-bond donors (Lipinski definition) is 1. The molecule has 26 heavy (non-hydrogen) atoms. The molecule has 0 bridgehead atoms. The quantitative estimate of drug-likeness (QED) is 0.786. The van der Waals surface area contributed by atoms with Gasteiger partial charge in [0.25, 0.3) is 0 Å². The summed E-state index contributed by atoms with van der Waals surface area (Å²) < 4.78 is 33.3. The highest BCUT2D eigenvalue weighted by Crippen LogP contribution is 2.25. The Hall–Kier alpha value is -1.15. The van der Waals surface area contributed by atoms with Crippen LogP contribution in [0.15, 0.2) is 53.4 Å². The molecule has 0 amide bonds. The van der Waals surface area contributed by atoms with E-state index in [1.165, 1.54) is 12.1 Å². The number of sulfonamides is 1. The molecule has 0 spiro atoms. The summed E-state index contributed by atoms with van der Waals surface area (Å²) in [5.74, 6) is 0. The average Bonchev–Trinajstić information content (AvgIpc) is 2.64. The van der Waals surface area contributed by atoms with E-state index in [-0.39, 0.29) is 22.6 Å². The van der Waals surface area contributed by atoms with Crippen LogP contribution in [0.1, 0.15) is 11.7 Å². The van der Waals surface area contributed by atoms with Crippen molar-refractivity contribution in [2.24, 2.45) is 0 Å². The predicted molar refractivity (Wildman–Crippen MR) is 103 cm³/mol. The van der Waals surface area contributed by atoms with E-state index in [1.807, 2.05) is 30.3 Å². The first-order chi connectivity index (χ1) is 12.5. The molecule has 0 radical (unpaired) electrons. The van der Waals surface area contributed by atoms with Gasteiger partial charge in [-0.15, -0.1) is 0 Å². The van der Waals surface area contributed by atoms with Gasteiger partial charge in [-0.25, -0.2) is 13.1 Å². The number of rotatable bonds is 6. The molecule has 0 aliphatic carbocycles. The lowest BCUT2D eigenvalue weighted by atomic mass is 10.1. The molecule has 5 nitrogen and oxygen atoms in total. The van der Waals surface area contributed by atoms with Crippen molar-refractivity contribution < 1.29 is 13.2 Å². The molecule has 140 valence electrons. The van der Waals surface area contributed by atoms with Gasteiger partial charge in [0.15, 0.2) is 0 Å². The van der Waals surface area contributed by atoms with E-state index in [1.54, 1.807) is 6.07 Å². The number of halogens is 2. The average molecular weight is 415 g/mol. The van der Waals surface area contributed by atoms with Gasteiger partial charge in [0.1, 0.15) is 4.90 Å². The lowest BCUT2D eigenvalue weighted by molar-refractivity contribution is -0.0291. The van der Waals surface area contributed by atoms with Crippen molar-refractivity contribution in [3.8, 4) is 0 Å². The Morgan fingerprint density at radius 2 is 1.92 bits per heavy atom. The number of nitrogens with zero attached hydrogens (tertiary/aromatic N) is 1. The van der Waals surface area contributed by atoms with Crippen molar-refractivity contribution in [2.45, 2.75) is 11.0 Å². The van der Waals surface area contributed by atoms with Gasteiger partial charge >= 0.3 is 0 Å². The third kappa shape index (κ3) is 4.97. The summed E-state index contributed by atoms with van der Waals surface area (Å²) in [4.78, 5) is 2.18. The second-order valence-electron chi connectivity index (χ2n) is 6.04. The molecule has 2 aromatic rings. The second-order valence-corrected chi connectivity index (χ2v) is 8.62. The third-order valence-electron chi connectivity index (χ3n) is 4.22. The van der Waals surface area contributed by atoms with Crippen LogP contribution in [0.4, 0.5) is 0 Å². The van der Waals surface area contributed by atoms with Crippen molar-refractivity contribution >= 4 is 33.2 Å². The van der Waals surface area contributed by atoms with E-state index in [4.69, 9.17) is 27.9 Å². The van der Waals surface area contributed by atoms with Crippen LogP contribution in [0, 0.1) is 0 Å². The topological polar surface area (TPSA) is 58.6 Å². The molecule has 1 heterocycles. The van der Waals surface area contributed by atoms with Crippen molar-refractivity contribution in [2.75, 3.05) is 32.8 Å². The highest BCUT2D eigenvalue weighted by Gasteiger charge is 2.23. The van der Waals surface area contributed by atoms with Gasteiger partial charge in [0, 0.05) is 31.2 Å². The maximum Gasteiger partial charge on any atom is 0.242 e. The molecule has 1 fully saturated rings. The Balaban J connectivity index is 1.56. The molecule has 0 aromatic heterocycles. The van der Waals surface area contributed by atoms with E-state index < -0.39 is 10.0 Å². The van der Waals surface area contributed by atoms with Gasteiger partial charge in [-0.3, -0.25) is 4.90 Å². The van der Waals surface area contributed by atoms with Crippen LogP contribution < -0.4 is 4.72 Å². The maximum absolute atomic E-state index is 12.4. The molecule has 8 heteroatoms. The van der Waals surface area contributed by atoms with Gasteiger partial charge in [0.2, 0.25) is 10.0 Å². The Morgan fingerprint density at radius 3 is 2.69 bits per heavy atom. The van der Waals surface area contributed by atoms with Crippen molar-refractivity contribution in [1.82, 2.24) is 9.62 Å². The molecule has 0 saturated carbocycles. The fourth-order valence-corrected chi connectivity index (χ4v) is 4.66. The second kappa shape index (κ2) is 8.69. The summed E-state index contributed by atoms with van der Waals surface area (Å²) in [6.45, 7) is 2.98. The van der Waals surface area contributed by atoms with E-state index in [9.17, 15) is 8.42 Å². The predicted octanol–water partition coefficient (Wildman–Crippen LogP) is 3.35. The highest BCUT2D eigenvalue weighted by atomic mass is 35.5. The first-order valence-corrected chi connectivity index (χ1v) is 10.5. The monoisotopic (exact) mass is 414 g/mol. The summed E-state index contributed by atoms with van der Waals surface area (Å²) in [5.41, 5.74) is 1.13. The number of benzene rings is 2.